The van der Waals surface area contributed by atoms with Gasteiger partial charge in [-0.2, -0.15) is 5.10 Å². The van der Waals surface area contributed by atoms with E-state index in [1.54, 1.807) is 6.20 Å². The summed E-state index contributed by atoms with van der Waals surface area (Å²) in [6.07, 6.45) is 5.64. The maximum atomic E-state index is 10.6. The lowest BCUT2D eigenvalue weighted by molar-refractivity contribution is 0.0119. The fraction of sp³-hybridized carbons (Fsp3) is 0.556. The minimum absolute atomic E-state index is 0.0384. The van der Waals surface area contributed by atoms with Gasteiger partial charge in [-0.1, -0.05) is 0 Å². The van der Waals surface area contributed by atoms with Crippen LogP contribution in [0.25, 0.3) is 0 Å². The normalized spacial score (nSPS) is 22.9. The van der Waals surface area contributed by atoms with Gasteiger partial charge < -0.3 is 4.74 Å². The van der Waals surface area contributed by atoms with Gasteiger partial charge in [-0.15, -0.1) is 0 Å². The van der Waals surface area contributed by atoms with E-state index in [9.17, 15) is 4.79 Å². The van der Waals surface area contributed by atoms with E-state index in [0.29, 0.717) is 5.56 Å². The van der Waals surface area contributed by atoms with Crippen molar-refractivity contribution in [3.05, 3.63) is 17.5 Å². The highest BCUT2D eigenvalue weighted by molar-refractivity contribution is 5.76. The maximum absolute atomic E-state index is 10.6. The van der Waals surface area contributed by atoms with Gasteiger partial charge in [-0.3, -0.25) is 9.89 Å². The van der Waals surface area contributed by atoms with Crippen LogP contribution in [0, 0.1) is 0 Å². The molecule has 0 amide bonds. The molecule has 0 bridgehead atoms. The number of carbonyl (C=O) groups excluding carboxylic acids is 1. The average molecular weight is 180 g/mol. The Morgan fingerprint density at radius 3 is 3.23 bits per heavy atom. The molecule has 0 aromatic carbocycles. The van der Waals surface area contributed by atoms with Crippen molar-refractivity contribution < 1.29 is 9.53 Å². The lowest BCUT2D eigenvalue weighted by Crippen LogP contribution is -2.13. The third-order valence-corrected chi connectivity index (χ3v) is 2.33. The second-order valence-electron chi connectivity index (χ2n) is 3.21. The zero-order chi connectivity index (χ0) is 9.10. The number of carbonyl (C=O) groups is 1. The first-order chi connectivity index (χ1) is 6.42. The van der Waals surface area contributed by atoms with Gasteiger partial charge in [0.05, 0.1) is 23.6 Å². The van der Waals surface area contributed by atoms with Crippen molar-refractivity contribution >= 4 is 6.29 Å². The Morgan fingerprint density at radius 1 is 1.62 bits per heavy atom. The minimum atomic E-state index is 0.0384. The number of hydrogen-bond donors (Lipinski definition) is 1. The molecule has 0 saturated carbocycles. The zero-order valence-corrected chi connectivity index (χ0v) is 7.32. The molecule has 1 aromatic rings. The SMILES string of the molecule is O=Cc1cn[nH]c1C1CCCCO1. The van der Waals surface area contributed by atoms with Crippen LogP contribution in [0.2, 0.25) is 0 Å². The Hall–Kier alpha value is -1.16. The first-order valence-corrected chi connectivity index (χ1v) is 4.52. The number of nitrogens with one attached hydrogen (secondary N) is 1. The summed E-state index contributed by atoms with van der Waals surface area (Å²) in [4.78, 5) is 10.6. The van der Waals surface area contributed by atoms with Gasteiger partial charge in [0.1, 0.15) is 0 Å². The van der Waals surface area contributed by atoms with Crippen LogP contribution in [0.4, 0.5) is 0 Å². The van der Waals surface area contributed by atoms with Crippen molar-refractivity contribution in [1.82, 2.24) is 10.2 Å². The topological polar surface area (TPSA) is 55.0 Å². The Balaban J connectivity index is 2.17. The van der Waals surface area contributed by atoms with Crippen LogP contribution < -0.4 is 0 Å². The van der Waals surface area contributed by atoms with Gasteiger partial charge in [0, 0.05) is 6.61 Å². The van der Waals surface area contributed by atoms with Crippen molar-refractivity contribution in [2.24, 2.45) is 0 Å². The fourth-order valence-corrected chi connectivity index (χ4v) is 1.63. The molecule has 1 unspecified atom stereocenters. The molecule has 13 heavy (non-hydrogen) atoms. The molecule has 0 radical (unpaired) electrons. The van der Waals surface area contributed by atoms with E-state index < -0.39 is 0 Å². The van der Waals surface area contributed by atoms with Crippen LogP contribution in [-0.2, 0) is 4.74 Å². The number of hydrogen-bond acceptors (Lipinski definition) is 3. The van der Waals surface area contributed by atoms with Gasteiger partial charge in [-0.05, 0) is 19.3 Å². The highest BCUT2D eigenvalue weighted by Gasteiger charge is 2.20. The summed E-state index contributed by atoms with van der Waals surface area (Å²) in [7, 11) is 0. The lowest BCUT2D eigenvalue weighted by atomic mass is 10.0. The van der Waals surface area contributed by atoms with Crippen LogP contribution in [0.15, 0.2) is 6.20 Å². The van der Waals surface area contributed by atoms with Gasteiger partial charge >= 0.3 is 0 Å². The molecule has 1 aromatic heterocycles. The third kappa shape index (κ3) is 1.62. The van der Waals surface area contributed by atoms with E-state index in [1.165, 1.54) is 0 Å². The van der Waals surface area contributed by atoms with E-state index in [1.807, 2.05) is 0 Å². The highest BCUT2D eigenvalue weighted by atomic mass is 16.5. The molecule has 1 N–H and O–H groups in total. The van der Waals surface area contributed by atoms with Crippen LogP contribution in [0.1, 0.15) is 41.4 Å². The first kappa shape index (κ1) is 8.44. The predicted molar refractivity (Wildman–Crippen MR) is 46.5 cm³/mol. The number of aldehydes is 1. The van der Waals surface area contributed by atoms with Crippen LogP contribution >= 0.6 is 0 Å². The van der Waals surface area contributed by atoms with Crippen molar-refractivity contribution in [3.8, 4) is 0 Å². The first-order valence-electron chi connectivity index (χ1n) is 4.52. The second-order valence-corrected chi connectivity index (χ2v) is 3.21. The van der Waals surface area contributed by atoms with E-state index in [0.717, 1.165) is 37.8 Å². The zero-order valence-electron chi connectivity index (χ0n) is 7.32. The van der Waals surface area contributed by atoms with E-state index in [4.69, 9.17) is 4.74 Å². The van der Waals surface area contributed by atoms with Crippen molar-refractivity contribution in [2.45, 2.75) is 25.4 Å². The van der Waals surface area contributed by atoms with Crippen molar-refractivity contribution in [3.63, 3.8) is 0 Å². The average Bonchev–Trinajstić information content (AvgIpc) is 2.67. The number of aromatic amines is 1. The minimum Gasteiger partial charge on any atom is -0.372 e. The quantitative estimate of drug-likeness (QED) is 0.701. The molecule has 2 rings (SSSR count). The van der Waals surface area contributed by atoms with E-state index in [-0.39, 0.29) is 6.10 Å². The third-order valence-electron chi connectivity index (χ3n) is 2.33. The molecule has 1 fully saturated rings. The molecule has 2 heterocycles. The Labute approximate surface area is 76.3 Å². The number of nitrogens with zero attached hydrogens (tertiary/aromatic N) is 1. The largest absolute Gasteiger partial charge is 0.372 e. The second kappa shape index (κ2) is 3.70. The highest BCUT2D eigenvalue weighted by Crippen LogP contribution is 2.27. The van der Waals surface area contributed by atoms with Crippen LogP contribution in [0.3, 0.4) is 0 Å². The molecule has 1 saturated heterocycles. The van der Waals surface area contributed by atoms with E-state index in [2.05, 4.69) is 10.2 Å². The Bertz CT molecular complexity index is 290. The van der Waals surface area contributed by atoms with Gasteiger partial charge in [0.25, 0.3) is 0 Å². The van der Waals surface area contributed by atoms with E-state index >= 15 is 0 Å². The molecular formula is C9H12N2O2. The number of rotatable bonds is 2. The number of aromatic nitrogens is 2. The summed E-state index contributed by atoms with van der Waals surface area (Å²) in [6.45, 7) is 0.780. The molecular weight excluding hydrogens is 168 g/mol. The summed E-state index contributed by atoms with van der Waals surface area (Å²) in [6, 6.07) is 0. The van der Waals surface area contributed by atoms with Gasteiger partial charge in [-0.25, -0.2) is 0 Å². The monoisotopic (exact) mass is 180 g/mol. The molecule has 4 heteroatoms. The Kier molecular flexibility index (Phi) is 2.40. The molecule has 1 aliphatic rings. The standard InChI is InChI=1S/C9H12N2O2/c12-6-7-5-10-11-9(7)8-3-1-2-4-13-8/h5-6,8H,1-4H2,(H,10,11). The predicted octanol–water partition coefficient (Wildman–Crippen LogP) is 1.46. The lowest BCUT2D eigenvalue weighted by Gasteiger charge is -2.21. The van der Waals surface area contributed by atoms with Crippen LogP contribution in [0.5, 0.6) is 0 Å². The fourth-order valence-electron chi connectivity index (χ4n) is 1.63. The summed E-state index contributed by atoms with van der Waals surface area (Å²) < 4.78 is 5.53. The van der Waals surface area contributed by atoms with Crippen molar-refractivity contribution in [2.75, 3.05) is 6.61 Å². The summed E-state index contributed by atoms with van der Waals surface area (Å²) in [5, 5.41) is 6.65. The summed E-state index contributed by atoms with van der Waals surface area (Å²) in [5.74, 6) is 0. The van der Waals surface area contributed by atoms with Crippen LogP contribution in [-0.4, -0.2) is 23.1 Å². The van der Waals surface area contributed by atoms with Gasteiger partial charge in [0.2, 0.25) is 0 Å². The molecule has 70 valence electrons. The summed E-state index contributed by atoms with van der Waals surface area (Å²) >= 11 is 0. The number of H-pyrrole nitrogens is 1. The number of ether oxygens (including phenoxy) is 1. The maximum Gasteiger partial charge on any atom is 0.153 e. The molecule has 0 aliphatic carbocycles. The molecule has 0 spiro atoms. The smallest absolute Gasteiger partial charge is 0.153 e. The summed E-state index contributed by atoms with van der Waals surface area (Å²) in [5.41, 5.74) is 1.45. The Morgan fingerprint density at radius 2 is 2.54 bits per heavy atom. The molecule has 1 aliphatic heterocycles. The van der Waals surface area contributed by atoms with Gasteiger partial charge in [0.15, 0.2) is 6.29 Å². The molecule has 1 atom stereocenters. The van der Waals surface area contributed by atoms with Crippen molar-refractivity contribution in [1.29, 1.82) is 0 Å². The molecule has 4 nitrogen and oxygen atoms in total.